The number of anilines is 1. The molecule has 0 radical (unpaired) electrons. The zero-order chi connectivity index (χ0) is 19.4. The van der Waals surface area contributed by atoms with E-state index < -0.39 is 5.91 Å². The highest BCUT2D eigenvalue weighted by Gasteiger charge is 2.15. The lowest BCUT2D eigenvalue weighted by Crippen LogP contribution is -2.15. The van der Waals surface area contributed by atoms with Gasteiger partial charge in [-0.25, -0.2) is 0 Å². The molecule has 138 valence electrons. The van der Waals surface area contributed by atoms with Crippen LogP contribution in [0.2, 0.25) is 5.02 Å². The fourth-order valence-corrected chi connectivity index (χ4v) is 2.74. The zero-order valence-electron chi connectivity index (χ0n) is 14.8. The summed E-state index contributed by atoms with van der Waals surface area (Å²) in [4.78, 5) is 12.6. The second kappa shape index (κ2) is 8.02. The molecule has 1 amide bonds. The van der Waals surface area contributed by atoms with Crippen LogP contribution >= 0.6 is 11.6 Å². The van der Waals surface area contributed by atoms with E-state index in [0.29, 0.717) is 46.7 Å². The van der Waals surface area contributed by atoms with Crippen molar-refractivity contribution in [3.63, 3.8) is 0 Å². The van der Waals surface area contributed by atoms with Gasteiger partial charge < -0.3 is 19.5 Å². The molecule has 27 heavy (non-hydrogen) atoms. The van der Waals surface area contributed by atoms with Crippen molar-refractivity contribution in [3.05, 3.63) is 52.1 Å². The third kappa shape index (κ3) is 4.15. The Morgan fingerprint density at radius 3 is 2.70 bits per heavy atom. The number of rotatable bonds is 4. The smallest absolute Gasteiger partial charge is 0.266 e. The number of hydrogen-bond donors (Lipinski definition) is 1. The Labute approximate surface area is 161 Å². The van der Waals surface area contributed by atoms with Gasteiger partial charge in [0.15, 0.2) is 11.5 Å². The molecule has 0 spiro atoms. The first-order chi connectivity index (χ1) is 13.0. The number of nitrogens with one attached hydrogen (secondary N) is 1. The lowest BCUT2D eigenvalue weighted by atomic mass is 10.1. The number of carbonyl (C=O) groups is 1. The summed E-state index contributed by atoms with van der Waals surface area (Å²) in [7, 11) is 1.48. The van der Waals surface area contributed by atoms with Gasteiger partial charge in [0.1, 0.15) is 30.6 Å². The van der Waals surface area contributed by atoms with Crippen molar-refractivity contribution in [2.45, 2.75) is 6.92 Å². The summed E-state index contributed by atoms with van der Waals surface area (Å²) < 4.78 is 16.2. The Bertz CT molecular complexity index is 963. The van der Waals surface area contributed by atoms with E-state index in [4.69, 9.17) is 25.8 Å². The molecular formula is C20H17ClN2O4. The maximum Gasteiger partial charge on any atom is 0.266 e. The predicted molar refractivity (Wildman–Crippen MR) is 102 cm³/mol. The summed E-state index contributed by atoms with van der Waals surface area (Å²) >= 11 is 6.08. The average molecular weight is 385 g/mol. The fraction of sp³-hybridized carbons (Fsp3) is 0.200. The largest absolute Gasteiger partial charge is 0.495 e. The molecule has 6 nitrogen and oxygen atoms in total. The van der Waals surface area contributed by atoms with Crippen LogP contribution in [0.3, 0.4) is 0 Å². The van der Waals surface area contributed by atoms with Gasteiger partial charge >= 0.3 is 0 Å². The summed E-state index contributed by atoms with van der Waals surface area (Å²) in [6.45, 7) is 2.77. The Hall–Kier alpha value is -3.17. The molecule has 2 aromatic rings. The number of carbonyl (C=O) groups excluding carboxylic acids is 1. The van der Waals surface area contributed by atoms with Crippen LogP contribution in [0.5, 0.6) is 17.2 Å². The van der Waals surface area contributed by atoms with Crippen LogP contribution in [-0.4, -0.2) is 26.2 Å². The Morgan fingerprint density at radius 1 is 1.26 bits per heavy atom. The van der Waals surface area contributed by atoms with Gasteiger partial charge in [-0.05, 0) is 42.3 Å². The Kier molecular flexibility index (Phi) is 5.53. The third-order valence-corrected chi connectivity index (χ3v) is 4.38. The summed E-state index contributed by atoms with van der Waals surface area (Å²) in [6.07, 6.45) is 1.49. The normalized spacial score (nSPS) is 12.9. The minimum Gasteiger partial charge on any atom is -0.495 e. The number of amides is 1. The van der Waals surface area contributed by atoms with Gasteiger partial charge in [0.2, 0.25) is 0 Å². The first kappa shape index (κ1) is 18.6. The molecular weight excluding hydrogens is 368 g/mol. The van der Waals surface area contributed by atoms with Crippen LogP contribution < -0.4 is 19.5 Å². The number of fused-ring (bicyclic) bond motifs is 1. The highest BCUT2D eigenvalue weighted by molar-refractivity contribution is 6.31. The number of nitriles is 1. The summed E-state index contributed by atoms with van der Waals surface area (Å²) in [6, 6.07) is 10.5. The summed E-state index contributed by atoms with van der Waals surface area (Å²) in [5, 5.41) is 12.6. The third-order valence-electron chi connectivity index (χ3n) is 3.97. The zero-order valence-corrected chi connectivity index (χ0v) is 15.6. The molecule has 0 fully saturated rings. The van der Waals surface area contributed by atoms with Crippen LogP contribution in [0.1, 0.15) is 11.1 Å². The Morgan fingerprint density at radius 2 is 2.00 bits per heavy atom. The number of benzene rings is 2. The van der Waals surface area contributed by atoms with Crippen molar-refractivity contribution in [1.82, 2.24) is 0 Å². The van der Waals surface area contributed by atoms with Gasteiger partial charge in [0.05, 0.1) is 12.8 Å². The van der Waals surface area contributed by atoms with Crippen molar-refractivity contribution in [2.24, 2.45) is 0 Å². The van der Waals surface area contributed by atoms with Gasteiger partial charge in [-0.2, -0.15) is 5.26 Å². The quantitative estimate of drug-likeness (QED) is 0.637. The highest BCUT2D eigenvalue weighted by atomic mass is 35.5. The van der Waals surface area contributed by atoms with Gasteiger partial charge in [0.25, 0.3) is 5.91 Å². The van der Waals surface area contributed by atoms with Crippen LogP contribution in [0.25, 0.3) is 6.08 Å². The monoisotopic (exact) mass is 384 g/mol. The van der Waals surface area contributed by atoms with Crippen LogP contribution in [0.4, 0.5) is 5.69 Å². The van der Waals surface area contributed by atoms with Crippen molar-refractivity contribution in [1.29, 1.82) is 5.26 Å². The molecule has 1 N–H and O–H groups in total. The van der Waals surface area contributed by atoms with E-state index in [0.717, 1.165) is 5.56 Å². The summed E-state index contributed by atoms with van der Waals surface area (Å²) in [5.74, 6) is 1.09. The molecule has 0 bridgehead atoms. The number of hydrogen-bond acceptors (Lipinski definition) is 5. The van der Waals surface area contributed by atoms with Crippen molar-refractivity contribution in [2.75, 3.05) is 25.6 Å². The number of halogens is 1. The minimum absolute atomic E-state index is 0.0543. The molecule has 3 rings (SSSR count). The standard InChI is InChI=1S/C20H17ClN2O4/c1-12-7-16(18(25-2)10-15(12)21)23-20(24)14(11-22)8-13-3-4-17-19(9-13)27-6-5-26-17/h3-4,7-10H,5-6H2,1-2H3,(H,23,24). The lowest BCUT2D eigenvalue weighted by molar-refractivity contribution is -0.112. The van der Waals surface area contributed by atoms with E-state index in [1.807, 2.05) is 13.0 Å². The topological polar surface area (TPSA) is 80.6 Å². The van der Waals surface area contributed by atoms with Gasteiger partial charge in [-0.1, -0.05) is 17.7 Å². The molecule has 0 unspecified atom stereocenters. The average Bonchev–Trinajstić information content (AvgIpc) is 2.68. The number of ether oxygens (including phenoxy) is 3. The lowest BCUT2D eigenvalue weighted by Gasteiger charge is -2.18. The van der Waals surface area contributed by atoms with E-state index in [1.165, 1.54) is 13.2 Å². The van der Waals surface area contributed by atoms with Gasteiger partial charge in [-0.15, -0.1) is 0 Å². The van der Waals surface area contributed by atoms with Crippen LogP contribution in [0, 0.1) is 18.3 Å². The summed E-state index contributed by atoms with van der Waals surface area (Å²) in [5.41, 5.74) is 1.82. The van der Waals surface area contributed by atoms with Gasteiger partial charge in [0, 0.05) is 11.1 Å². The fourth-order valence-electron chi connectivity index (χ4n) is 2.58. The SMILES string of the molecule is COc1cc(Cl)c(C)cc1NC(=O)C(C#N)=Cc1ccc2c(c1)OCCO2. The molecule has 1 aliphatic rings. The molecule has 0 saturated carbocycles. The van der Waals surface area contributed by atoms with Crippen molar-refractivity contribution >= 4 is 29.3 Å². The van der Waals surface area contributed by atoms with Crippen molar-refractivity contribution in [3.8, 4) is 23.3 Å². The maximum absolute atomic E-state index is 12.6. The molecule has 0 aromatic heterocycles. The second-order valence-corrected chi connectivity index (χ2v) is 6.24. The first-order valence-corrected chi connectivity index (χ1v) is 8.56. The van der Waals surface area contributed by atoms with Crippen LogP contribution in [0.15, 0.2) is 35.9 Å². The molecule has 1 heterocycles. The predicted octanol–water partition coefficient (Wildman–Crippen LogP) is 3.97. The van der Waals surface area contributed by atoms with E-state index >= 15 is 0 Å². The van der Waals surface area contributed by atoms with Crippen LogP contribution in [-0.2, 0) is 4.79 Å². The minimum atomic E-state index is -0.549. The highest BCUT2D eigenvalue weighted by Crippen LogP contribution is 2.33. The Balaban J connectivity index is 1.86. The molecule has 0 saturated heterocycles. The molecule has 7 heteroatoms. The molecule has 2 aromatic carbocycles. The van der Waals surface area contributed by atoms with Gasteiger partial charge in [-0.3, -0.25) is 4.79 Å². The number of methoxy groups -OCH3 is 1. The molecule has 1 aliphatic heterocycles. The van der Waals surface area contributed by atoms with E-state index in [-0.39, 0.29) is 5.57 Å². The second-order valence-electron chi connectivity index (χ2n) is 5.83. The number of nitrogens with zero attached hydrogens (tertiary/aromatic N) is 1. The molecule has 0 aliphatic carbocycles. The van der Waals surface area contributed by atoms with E-state index in [1.54, 1.807) is 30.3 Å². The molecule has 0 atom stereocenters. The maximum atomic E-state index is 12.6. The number of aryl methyl sites for hydroxylation is 1. The first-order valence-electron chi connectivity index (χ1n) is 8.18. The van der Waals surface area contributed by atoms with E-state index in [9.17, 15) is 10.1 Å². The van der Waals surface area contributed by atoms with Crippen molar-refractivity contribution < 1.29 is 19.0 Å². The van der Waals surface area contributed by atoms with E-state index in [2.05, 4.69) is 5.32 Å².